The number of nitrogens with zero attached hydrogens (tertiary/aromatic N) is 4. The third-order valence-corrected chi connectivity index (χ3v) is 6.93. The van der Waals surface area contributed by atoms with E-state index in [9.17, 15) is 9.59 Å². The molecule has 2 aliphatic heterocycles. The number of amides is 2. The third-order valence-electron chi connectivity index (χ3n) is 6.93. The van der Waals surface area contributed by atoms with Gasteiger partial charge in [-0.1, -0.05) is 19.3 Å². The summed E-state index contributed by atoms with van der Waals surface area (Å²) in [6.45, 7) is 4.31. The number of aromatic nitrogens is 2. The number of aryl methyl sites for hydroxylation is 1. The van der Waals surface area contributed by atoms with Crippen LogP contribution in [0.4, 0.5) is 5.82 Å². The summed E-state index contributed by atoms with van der Waals surface area (Å²) >= 11 is 0. The smallest absolute Gasteiger partial charge is 0.248 e. The van der Waals surface area contributed by atoms with Gasteiger partial charge >= 0.3 is 0 Å². The zero-order valence-electron chi connectivity index (χ0n) is 18.4. The molecule has 1 aromatic rings. The van der Waals surface area contributed by atoms with Crippen LogP contribution in [-0.4, -0.2) is 60.0 Å². The van der Waals surface area contributed by atoms with Gasteiger partial charge in [-0.25, -0.2) is 9.97 Å². The Morgan fingerprint density at radius 2 is 1.90 bits per heavy atom. The van der Waals surface area contributed by atoms with Gasteiger partial charge in [0.25, 0.3) is 0 Å². The van der Waals surface area contributed by atoms with Crippen molar-refractivity contribution in [2.24, 2.45) is 5.92 Å². The van der Waals surface area contributed by atoms with Gasteiger partial charge in [0, 0.05) is 50.3 Å². The summed E-state index contributed by atoms with van der Waals surface area (Å²) < 4.78 is 5.02. The summed E-state index contributed by atoms with van der Waals surface area (Å²) in [4.78, 5) is 38.7. The van der Waals surface area contributed by atoms with Crippen LogP contribution >= 0.6 is 0 Å². The number of hydrogen-bond acceptors (Lipinski definition) is 5. The van der Waals surface area contributed by atoms with Gasteiger partial charge in [0.15, 0.2) is 0 Å². The largest absolute Gasteiger partial charge is 0.375 e. The summed E-state index contributed by atoms with van der Waals surface area (Å²) in [6, 6.07) is 0. The minimum Gasteiger partial charge on any atom is -0.375 e. The molecule has 2 fully saturated rings. The molecule has 0 N–H and O–H groups in total. The summed E-state index contributed by atoms with van der Waals surface area (Å²) in [5.74, 6) is 2.51. The van der Waals surface area contributed by atoms with Gasteiger partial charge in [0.1, 0.15) is 18.2 Å². The molecular weight excluding hydrogens is 380 g/mol. The van der Waals surface area contributed by atoms with Crippen molar-refractivity contribution in [3.63, 3.8) is 0 Å². The lowest BCUT2D eigenvalue weighted by molar-refractivity contribution is -0.136. The van der Waals surface area contributed by atoms with Crippen LogP contribution in [0.5, 0.6) is 0 Å². The maximum Gasteiger partial charge on any atom is 0.248 e. The van der Waals surface area contributed by atoms with Crippen molar-refractivity contribution in [2.45, 2.75) is 70.6 Å². The van der Waals surface area contributed by atoms with Gasteiger partial charge in [-0.05, 0) is 44.9 Å². The molecule has 0 aromatic carbocycles. The Morgan fingerprint density at radius 1 is 1.10 bits per heavy atom. The maximum absolute atomic E-state index is 12.8. The van der Waals surface area contributed by atoms with E-state index in [0.717, 1.165) is 55.3 Å². The monoisotopic (exact) mass is 414 g/mol. The Kier molecular flexibility index (Phi) is 6.66. The van der Waals surface area contributed by atoms with Crippen LogP contribution in [0.25, 0.3) is 0 Å². The molecule has 1 aliphatic carbocycles. The topological polar surface area (TPSA) is 75.6 Å². The number of anilines is 1. The first kappa shape index (κ1) is 21.2. The van der Waals surface area contributed by atoms with E-state index in [1.807, 2.05) is 16.7 Å². The number of likely N-dealkylation sites (tertiary alicyclic amines) is 1. The molecule has 0 radical (unpaired) electrons. The molecule has 1 unspecified atom stereocenters. The molecule has 2 amide bonds. The molecule has 164 valence electrons. The van der Waals surface area contributed by atoms with Gasteiger partial charge in [0.05, 0.1) is 0 Å². The first-order valence-electron chi connectivity index (χ1n) is 11.5. The van der Waals surface area contributed by atoms with Crippen LogP contribution in [0, 0.1) is 12.8 Å². The standard InChI is InChI=1S/C23H34N4O3/c1-16-19-10-11-20(28)27(13-17-7-4-3-5-8-17)23(19)25-22(24-16)18-9-6-12-26(14-18)21(29)15-30-2/h17-18H,3-15H2,1-2H3. The van der Waals surface area contributed by atoms with Crippen molar-refractivity contribution >= 4 is 17.6 Å². The molecule has 7 nitrogen and oxygen atoms in total. The van der Waals surface area contributed by atoms with Crippen molar-refractivity contribution in [3.05, 3.63) is 17.1 Å². The predicted octanol–water partition coefficient (Wildman–Crippen LogP) is 3.00. The Balaban J connectivity index is 1.58. The Bertz CT molecular complexity index is 791. The highest BCUT2D eigenvalue weighted by Crippen LogP contribution is 2.34. The molecule has 0 bridgehead atoms. The second-order valence-electron chi connectivity index (χ2n) is 9.09. The fourth-order valence-electron chi connectivity index (χ4n) is 5.23. The van der Waals surface area contributed by atoms with Gasteiger partial charge in [-0.3, -0.25) is 14.5 Å². The number of rotatable bonds is 5. The van der Waals surface area contributed by atoms with Crippen LogP contribution in [0.2, 0.25) is 0 Å². The van der Waals surface area contributed by atoms with Crippen molar-refractivity contribution in [3.8, 4) is 0 Å². The zero-order valence-corrected chi connectivity index (χ0v) is 18.4. The van der Waals surface area contributed by atoms with Crippen molar-refractivity contribution in [2.75, 3.05) is 38.3 Å². The second-order valence-corrected chi connectivity index (χ2v) is 9.09. The van der Waals surface area contributed by atoms with E-state index in [1.54, 1.807) is 7.11 Å². The average molecular weight is 415 g/mol. The lowest BCUT2D eigenvalue weighted by Gasteiger charge is -2.35. The Morgan fingerprint density at radius 3 is 2.67 bits per heavy atom. The quantitative estimate of drug-likeness (QED) is 0.740. The number of methoxy groups -OCH3 is 1. The summed E-state index contributed by atoms with van der Waals surface area (Å²) in [6.07, 6.45) is 9.42. The van der Waals surface area contributed by atoms with E-state index in [4.69, 9.17) is 14.7 Å². The molecule has 30 heavy (non-hydrogen) atoms. The number of carbonyl (C=O) groups excluding carboxylic acids is 2. The summed E-state index contributed by atoms with van der Waals surface area (Å²) in [5, 5.41) is 0. The third kappa shape index (κ3) is 4.51. The van der Waals surface area contributed by atoms with Crippen molar-refractivity contribution in [1.29, 1.82) is 0 Å². The van der Waals surface area contributed by atoms with E-state index in [-0.39, 0.29) is 24.3 Å². The fourth-order valence-corrected chi connectivity index (χ4v) is 5.23. The predicted molar refractivity (Wildman–Crippen MR) is 114 cm³/mol. The Labute approximate surface area is 179 Å². The van der Waals surface area contributed by atoms with Crippen LogP contribution in [0.3, 0.4) is 0 Å². The fraction of sp³-hybridized carbons (Fsp3) is 0.739. The van der Waals surface area contributed by atoms with E-state index >= 15 is 0 Å². The number of carbonyl (C=O) groups is 2. The van der Waals surface area contributed by atoms with Crippen LogP contribution in [-0.2, 0) is 20.7 Å². The first-order valence-corrected chi connectivity index (χ1v) is 11.5. The van der Waals surface area contributed by atoms with Gasteiger partial charge < -0.3 is 9.64 Å². The molecule has 3 aliphatic rings. The second kappa shape index (κ2) is 9.41. The molecule has 3 heterocycles. The Hall–Kier alpha value is -2.02. The highest BCUT2D eigenvalue weighted by atomic mass is 16.5. The van der Waals surface area contributed by atoms with E-state index in [0.29, 0.717) is 18.9 Å². The van der Waals surface area contributed by atoms with E-state index < -0.39 is 0 Å². The number of piperidine rings is 1. The SMILES string of the molecule is COCC(=O)N1CCCC(c2nc(C)c3c(n2)N(CC2CCCCC2)C(=O)CC3)C1. The number of fused-ring (bicyclic) bond motifs is 1. The molecule has 1 saturated carbocycles. The normalized spacial score (nSPS) is 22.9. The molecule has 1 aromatic heterocycles. The van der Waals surface area contributed by atoms with E-state index in [2.05, 4.69) is 0 Å². The zero-order chi connectivity index (χ0) is 21.1. The van der Waals surface area contributed by atoms with Gasteiger partial charge in [-0.2, -0.15) is 0 Å². The molecule has 1 atom stereocenters. The van der Waals surface area contributed by atoms with Crippen molar-refractivity contribution < 1.29 is 14.3 Å². The lowest BCUT2D eigenvalue weighted by Crippen LogP contribution is -2.42. The molecule has 4 rings (SSSR count). The maximum atomic E-state index is 12.8. The van der Waals surface area contributed by atoms with E-state index in [1.165, 1.54) is 32.1 Å². The van der Waals surface area contributed by atoms with Crippen molar-refractivity contribution in [1.82, 2.24) is 14.9 Å². The van der Waals surface area contributed by atoms with Gasteiger partial charge in [-0.15, -0.1) is 0 Å². The highest BCUT2D eigenvalue weighted by Gasteiger charge is 2.33. The number of ether oxygens (including phenoxy) is 1. The summed E-state index contributed by atoms with van der Waals surface area (Å²) in [5.41, 5.74) is 2.11. The molecule has 1 saturated heterocycles. The minimum absolute atomic E-state index is 0.0194. The van der Waals surface area contributed by atoms with Crippen LogP contribution in [0.1, 0.15) is 74.4 Å². The van der Waals surface area contributed by atoms with Crippen LogP contribution < -0.4 is 4.90 Å². The highest BCUT2D eigenvalue weighted by molar-refractivity contribution is 5.95. The first-order chi connectivity index (χ1) is 14.6. The average Bonchev–Trinajstić information content (AvgIpc) is 2.76. The van der Waals surface area contributed by atoms with Crippen LogP contribution in [0.15, 0.2) is 0 Å². The minimum atomic E-state index is 0.0194. The molecule has 0 spiro atoms. The van der Waals surface area contributed by atoms with Gasteiger partial charge in [0.2, 0.25) is 11.8 Å². The lowest BCUT2D eigenvalue weighted by atomic mass is 9.88. The molecule has 7 heteroatoms. The number of hydrogen-bond donors (Lipinski definition) is 0. The summed E-state index contributed by atoms with van der Waals surface area (Å²) in [7, 11) is 1.55. The molecular formula is C23H34N4O3.